The zero-order chi connectivity index (χ0) is 12.5. The van der Waals surface area contributed by atoms with Gasteiger partial charge in [0.15, 0.2) is 0 Å². The summed E-state index contributed by atoms with van der Waals surface area (Å²) in [6.07, 6.45) is 3.50. The number of ether oxygens (including phenoxy) is 1. The summed E-state index contributed by atoms with van der Waals surface area (Å²) >= 11 is 0. The fourth-order valence-corrected chi connectivity index (χ4v) is 2.43. The Hall–Kier alpha value is -1.88. The van der Waals surface area contributed by atoms with Crippen molar-refractivity contribution in [2.24, 2.45) is 5.92 Å². The number of aromatic carboxylic acids is 1. The van der Waals surface area contributed by atoms with Gasteiger partial charge >= 0.3 is 5.97 Å². The SMILES string of the molecule is O=C(O)c1cccc2cnc(CC3CCOC3)n12. The average Bonchev–Trinajstić information content (AvgIpc) is 2.99. The van der Waals surface area contributed by atoms with Gasteiger partial charge in [-0.1, -0.05) is 6.07 Å². The molecule has 1 aliphatic heterocycles. The van der Waals surface area contributed by atoms with Gasteiger partial charge in [0.1, 0.15) is 11.5 Å². The first-order chi connectivity index (χ1) is 8.75. The predicted molar refractivity (Wildman–Crippen MR) is 64.8 cm³/mol. The lowest BCUT2D eigenvalue weighted by Crippen LogP contribution is -2.11. The molecule has 2 aromatic heterocycles. The highest BCUT2D eigenvalue weighted by Gasteiger charge is 2.20. The number of fused-ring (bicyclic) bond motifs is 1. The molecule has 1 N–H and O–H groups in total. The number of carbonyl (C=O) groups is 1. The molecule has 1 atom stereocenters. The Balaban J connectivity index is 2.03. The zero-order valence-electron chi connectivity index (χ0n) is 9.87. The Morgan fingerprint density at radius 3 is 3.17 bits per heavy atom. The van der Waals surface area contributed by atoms with Crippen molar-refractivity contribution in [1.29, 1.82) is 0 Å². The van der Waals surface area contributed by atoms with Gasteiger partial charge in [0, 0.05) is 19.6 Å². The van der Waals surface area contributed by atoms with E-state index >= 15 is 0 Å². The number of pyridine rings is 1. The second-order valence-corrected chi connectivity index (χ2v) is 4.58. The first kappa shape index (κ1) is 11.2. The topological polar surface area (TPSA) is 63.8 Å². The maximum atomic E-state index is 11.2. The highest BCUT2D eigenvalue weighted by Crippen LogP contribution is 2.19. The number of hydrogen-bond donors (Lipinski definition) is 1. The summed E-state index contributed by atoms with van der Waals surface area (Å²) in [6, 6.07) is 5.21. The molecule has 3 rings (SSSR count). The highest BCUT2D eigenvalue weighted by molar-refractivity contribution is 5.86. The lowest BCUT2D eigenvalue weighted by atomic mass is 10.0. The van der Waals surface area contributed by atoms with Gasteiger partial charge in [0.2, 0.25) is 0 Å². The second-order valence-electron chi connectivity index (χ2n) is 4.58. The van der Waals surface area contributed by atoms with Crippen molar-refractivity contribution >= 4 is 11.5 Å². The van der Waals surface area contributed by atoms with Crippen LogP contribution >= 0.6 is 0 Å². The van der Waals surface area contributed by atoms with Gasteiger partial charge in [-0.15, -0.1) is 0 Å². The third-order valence-electron chi connectivity index (χ3n) is 3.34. The fraction of sp³-hybridized carbons (Fsp3) is 0.385. The Kier molecular flexibility index (Phi) is 2.76. The van der Waals surface area contributed by atoms with Gasteiger partial charge in [0.05, 0.1) is 11.7 Å². The number of imidazole rings is 1. The van der Waals surface area contributed by atoms with Crippen LogP contribution in [0.2, 0.25) is 0 Å². The quantitative estimate of drug-likeness (QED) is 0.893. The van der Waals surface area contributed by atoms with E-state index in [1.165, 1.54) is 0 Å². The summed E-state index contributed by atoms with van der Waals surface area (Å²) in [5, 5.41) is 9.21. The molecule has 94 valence electrons. The fourth-order valence-electron chi connectivity index (χ4n) is 2.43. The van der Waals surface area contributed by atoms with E-state index < -0.39 is 5.97 Å². The number of aromatic nitrogens is 2. The first-order valence-electron chi connectivity index (χ1n) is 6.02. The van der Waals surface area contributed by atoms with Crippen molar-refractivity contribution in [2.45, 2.75) is 12.8 Å². The van der Waals surface area contributed by atoms with E-state index in [4.69, 9.17) is 4.74 Å². The van der Waals surface area contributed by atoms with E-state index in [1.807, 2.05) is 6.07 Å². The molecule has 18 heavy (non-hydrogen) atoms. The molecule has 0 spiro atoms. The van der Waals surface area contributed by atoms with Crippen LogP contribution in [0.1, 0.15) is 22.7 Å². The molecule has 5 heteroatoms. The van der Waals surface area contributed by atoms with Crippen LogP contribution in [0.3, 0.4) is 0 Å². The van der Waals surface area contributed by atoms with Crippen LogP contribution in [-0.4, -0.2) is 33.7 Å². The van der Waals surface area contributed by atoms with E-state index in [0.29, 0.717) is 5.92 Å². The average molecular weight is 246 g/mol. The molecule has 1 unspecified atom stereocenters. The summed E-state index contributed by atoms with van der Waals surface area (Å²) in [5.74, 6) is 0.318. The molecule has 0 amide bonds. The Labute approximate surface area is 104 Å². The van der Waals surface area contributed by atoms with E-state index in [2.05, 4.69) is 4.98 Å². The Morgan fingerprint density at radius 1 is 1.56 bits per heavy atom. The minimum Gasteiger partial charge on any atom is -0.477 e. The summed E-state index contributed by atoms with van der Waals surface area (Å²) in [5.41, 5.74) is 1.09. The number of carboxylic acid groups (broad SMARTS) is 1. The molecule has 0 radical (unpaired) electrons. The number of carboxylic acids is 1. The first-order valence-corrected chi connectivity index (χ1v) is 6.02. The highest BCUT2D eigenvalue weighted by atomic mass is 16.5. The van der Waals surface area contributed by atoms with Crippen LogP contribution in [-0.2, 0) is 11.2 Å². The van der Waals surface area contributed by atoms with E-state index in [9.17, 15) is 9.90 Å². The van der Waals surface area contributed by atoms with Gasteiger partial charge in [-0.2, -0.15) is 0 Å². The van der Waals surface area contributed by atoms with Crippen LogP contribution in [0.25, 0.3) is 5.52 Å². The normalized spacial score (nSPS) is 19.4. The standard InChI is InChI=1S/C13H14N2O3/c16-13(17)11-3-1-2-10-7-14-12(15(10)11)6-9-4-5-18-8-9/h1-3,7,9H,4-6,8H2,(H,16,17). The molecule has 0 bridgehead atoms. The van der Waals surface area contributed by atoms with Crippen molar-refractivity contribution in [2.75, 3.05) is 13.2 Å². The minimum absolute atomic E-state index is 0.263. The van der Waals surface area contributed by atoms with E-state index in [-0.39, 0.29) is 5.69 Å². The smallest absolute Gasteiger partial charge is 0.352 e. The monoisotopic (exact) mass is 246 g/mol. The molecule has 0 saturated carbocycles. The van der Waals surface area contributed by atoms with Crippen molar-refractivity contribution in [3.63, 3.8) is 0 Å². The molecule has 0 aromatic carbocycles. The van der Waals surface area contributed by atoms with Gasteiger partial charge in [-0.25, -0.2) is 9.78 Å². The molecule has 1 saturated heterocycles. The summed E-state index contributed by atoms with van der Waals surface area (Å²) in [6.45, 7) is 1.53. The van der Waals surface area contributed by atoms with Gasteiger partial charge in [0.25, 0.3) is 0 Å². The minimum atomic E-state index is -0.928. The zero-order valence-corrected chi connectivity index (χ0v) is 9.87. The van der Waals surface area contributed by atoms with Crippen LogP contribution in [0.4, 0.5) is 0 Å². The lowest BCUT2D eigenvalue weighted by molar-refractivity contribution is 0.0688. The van der Waals surface area contributed by atoms with Crippen LogP contribution in [0, 0.1) is 5.92 Å². The van der Waals surface area contributed by atoms with Gasteiger partial charge in [-0.3, -0.25) is 4.40 Å². The van der Waals surface area contributed by atoms with Crippen molar-refractivity contribution in [3.05, 3.63) is 35.9 Å². The maximum Gasteiger partial charge on any atom is 0.352 e. The lowest BCUT2D eigenvalue weighted by Gasteiger charge is -2.08. The van der Waals surface area contributed by atoms with Gasteiger partial charge in [-0.05, 0) is 24.5 Å². The summed E-state index contributed by atoms with van der Waals surface area (Å²) in [7, 11) is 0. The van der Waals surface area contributed by atoms with Crippen molar-refractivity contribution < 1.29 is 14.6 Å². The van der Waals surface area contributed by atoms with Gasteiger partial charge < -0.3 is 9.84 Å². The Morgan fingerprint density at radius 2 is 2.44 bits per heavy atom. The van der Waals surface area contributed by atoms with Crippen molar-refractivity contribution in [3.8, 4) is 0 Å². The number of hydrogen-bond acceptors (Lipinski definition) is 3. The van der Waals surface area contributed by atoms with E-state index in [0.717, 1.165) is 37.4 Å². The molecular formula is C13H14N2O3. The molecule has 1 fully saturated rings. The number of nitrogens with zero attached hydrogens (tertiary/aromatic N) is 2. The molecule has 3 heterocycles. The van der Waals surface area contributed by atoms with Crippen LogP contribution in [0.15, 0.2) is 24.4 Å². The third-order valence-corrected chi connectivity index (χ3v) is 3.34. The molecule has 0 aliphatic carbocycles. The number of rotatable bonds is 3. The largest absolute Gasteiger partial charge is 0.477 e. The van der Waals surface area contributed by atoms with Crippen LogP contribution < -0.4 is 0 Å². The molecule has 1 aliphatic rings. The van der Waals surface area contributed by atoms with Crippen LogP contribution in [0.5, 0.6) is 0 Å². The molecular weight excluding hydrogens is 232 g/mol. The predicted octanol–water partition coefficient (Wildman–Crippen LogP) is 1.61. The van der Waals surface area contributed by atoms with E-state index in [1.54, 1.807) is 22.7 Å². The third kappa shape index (κ3) is 1.86. The van der Waals surface area contributed by atoms with Crippen molar-refractivity contribution in [1.82, 2.24) is 9.38 Å². The molecule has 2 aromatic rings. The second kappa shape index (κ2) is 4.42. The molecule has 5 nitrogen and oxygen atoms in total. The summed E-state index contributed by atoms with van der Waals surface area (Å²) in [4.78, 5) is 15.6. The summed E-state index contributed by atoms with van der Waals surface area (Å²) < 4.78 is 7.07. The maximum absolute atomic E-state index is 11.2. The Bertz CT molecular complexity index is 585.